The molecule has 0 unspecified atom stereocenters. The first kappa shape index (κ1) is 17.0. The van der Waals surface area contributed by atoms with Crippen molar-refractivity contribution in [1.82, 2.24) is 10.2 Å². The number of hydrogen-bond acceptors (Lipinski definition) is 3. The summed E-state index contributed by atoms with van der Waals surface area (Å²) in [6, 6.07) is 4.17. The molecule has 1 aromatic rings. The van der Waals surface area contributed by atoms with Gasteiger partial charge in [-0.05, 0) is 67.3 Å². The molecule has 0 spiro atoms. The van der Waals surface area contributed by atoms with Gasteiger partial charge < -0.3 is 10.2 Å². The number of carbonyl (C=O) groups excluding carboxylic acids is 1. The molecule has 1 aliphatic heterocycles. The molecule has 0 saturated carbocycles. The van der Waals surface area contributed by atoms with E-state index in [9.17, 15) is 4.79 Å². The minimum atomic E-state index is -0.134. The van der Waals surface area contributed by atoms with Crippen LogP contribution in [0.5, 0.6) is 0 Å². The van der Waals surface area contributed by atoms with Crippen molar-refractivity contribution in [2.75, 3.05) is 19.6 Å². The SMILES string of the molecule is CCCC1(C(=O)N(CC)Cc2ccc(Br)s2)CCNCC1. The minimum absolute atomic E-state index is 0.134. The van der Waals surface area contributed by atoms with E-state index in [1.807, 2.05) is 4.90 Å². The summed E-state index contributed by atoms with van der Waals surface area (Å²) in [5, 5.41) is 3.39. The highest BCUT2D eigenvalue weighted by Crippen LogP contribution is 2.37. The average molecular weight is 373 g/mol. The summed E-state index contributed by atoms with van der Waals surface area (Å²) >= 11 is 5.22. The van der Waals surface area contributed by atoms with Crippen LogP contribution in [0.1, 0.15) is 44.4 Å². The highest BCUT2D eigenvalue weighted by molar-refractivity contribution is 9.11. The van der Waals surface area contributed by atoms with E-state index < -0.39 is 0 Å². The molecule has 5 heteroatoms. The number of nitrogens with one attached hydrogen (secondary N) is 1. The molecule has 1 fully saturated rings. The van der Waals surface area contributed by atoms with Crippen LogP contribution in [0.2, 0.25) is 0 Å². The highest BCUT2D eigenvalue weighted by atomic mass is 79.9. The van der Waals surface area contributed by atoms with Crippen LogP contribution in [0.25, 0.3) is 0 Å². The maximum Gasteiger partial charge on any atom is 0.229 e. The Morgan fingerprint density at radius 3 is 2.62 bits per heavy atom. The molecule has 0 atom stereocenters. The quantitative estimate of drug-likeness (QED) is 0.817. The highest BCUT2D eigenvalue weighted by Gasteiger charge is 2.40. The third-order valence-electron chi connectivity index (χ3n) is 4.39. The number of nitrogens with zero attached hydrogens (tertiary/aromatic N) is 1. The number of rotatable bonds is 6. The Bertz CT molecular complexity index is 463. The van der Waals surface area contributed by atoms with E-state index in [4.69, 9.17) is 0 Å². The maximum atomic E-state index is 13.1. The lowest BCUT2D eigenvalue weighted by Gasteiger charge is -2.39. The maximum absolute atomic E-state index is 13.1. The molecule has 0 bridgehead atoms. The molecule has 1 aliphatic rings. The van der Waals surface area contributed by atoms with Crippen molar-refractivity contribution in [2.24, 2.45) is 5.41 Å². The summed E-state index contributed by atoms with van der Waals surface area (Å²) in [6.07, 6.45) is 4.04. The van der Waals surface area contributed by atoms with Crippen molar-refractivity contribution in [3.05, 3.63) is 20.8 Å². The Morgan fingerprint density at radius 2 is 2.10 bits per heavy atom. The molecule has 118 valence electrons. The van der Waals surface area contributed by atoms with Gasteiger partial charge in [-0.2, -0.15) is 0 Å². The van der Waals surface area contributed by atoms with Gasteiger partial charge in [-0.25, -0.2) is 0 Å². The summed E-state index contributed by atoms with van der Waals surface area (Å²) in [7, 11) is 0. The second kappa shape index (κ2) is 7.75. The third-order valence-corrected chi connectivity index (χ3v) is 6.00. The van der Waals surface area contributed by atoms with E-state index in [-0.39, 0.29) is 5.41 Å². The smallest absolute Gasteiger partial charge is 0.229 e. The van der Waals surface area contributed by atoms with Crippen molar-refractivity contribution in [1.29, 1.82) is 0 Å². The molecule has 1 aromatic heterocycles. The Morgan fingerprint density at radius 1 is 1.38 bits per heavy atom. The van der Waals surface area contributed by atoms with Crippen molar-refractivity contribution in [3.63, 3.8) is 0 Å². The monoisotopic (exact) mass is 372 g/mol. The first-order valence-electron chi connectivity index (χ1n) is 7.85. The van der Waals surface area contributed by atoms with Crippen LogP contribution in [0.15, 0.2) is 15.9 Å². The zero-order chi connectivity index (χ0) is 15.3. The molecule has 0 aliphatic carbocycles. The zero-order valence-corrected chi connectivity index (χ0v) is 15.4. The van der Waals surface area contributed by atoms with Crippen LogP contribution in [0, 0.1) is 5.41 Å². The second-order valence-electron chi connectivity index (χ2n) is 5.81. The average Bonchev–Trinajstić information content (AvgIpc) is 2.90. The normalized spacial score (nSPS) is 17.7. The van der Waals surface area contributed by atoms with Crippen LogP contribution >= 0.6 is 27.3 Å². The molecule has 2 heterocycles. The van der Waals surface area contributed by atoms with Crippen LogP contribution in [0.3, 0.4) is 0 Å². The first-order valence-corrected chi connectivity index (χ1v) is 9.46. The largest absolute Gasteiger partial charge is 0.337 e. The van der Waals surface area contributed by atoms with Crippen molar-refractivity contribution in [3.8, 4) is 0 Å². The second-order valence-corrected chi connectivity index (χ2v) is 8.35. The number of carbonyl (C=O) groups is 1. The molecule has 0 radical (unpaired) electrons. The molecule has 1 N–H and O–H groups in total. The van der Waals surface area contributed by atoms with E-state index in [1.54, 1.807) is 11.3 Å². The Labute approximate surface area is 140 Å². The minimum Gasteiger partial charge on any atom is -0.337 e. The van der Waals surface area contributed by atoms with Crippen LogP contribution in [-0.4, -0.2) is 30.4 Å². The van der Waals surface area contributed by atoms with Crippen LogP contribution < -0.4 is 5.32 Å². The lowest BCUT2D eigenvalue weighted by atomic mass is 9.74. The lowest BCUT2D eigenvalue weighted by Crippen LogP contribution is -2.49. The summed E-state index contributed by atoms with van der Waals surface area (Å²) < 4.78 is 1.13. The van der Waals surface area contributed by atoms with Gasteiger partial charge in [-0.1, -0.05) is 13.3 Å². The predicted molar refractivity (Wildman–Crippen MR) is 92.6 cm³/mol. The van der Waals surface area contributed by atoms with Crippen molar-refractivity contribution < 1.29 is 4.79 Å². The van der Waals surface area contributed by atoms with Gasteiger partial charge in [0, 0.05) is 11.4 Å². The van der Waals surface area contributed by atoms with Crippen LogP contribution in [0.4, 0.5) is 0 Å². The van der Waals surface area contributed by atoms with Gasteiger partial charge in [0.2, 0.25) is 5.91 Å². The number of hydrogen-bond donors (Lipinski definition) is 1. The summed E-state index contributed by atoms with van der Waals surface area (Å²) in [5.74, 6) is 0.359. The van der Waals surface area contributed by atoms with E-state index >= 15 is 0 Å². The van der Waals surface area contributed by atoms with E-state index in [1.165, 1.54) is 4.88 Å². The van der Waals surface area contributed by atoms with Gasteiger partial charge in [-0.3, -0.25) is 4.79 Å². The zero-order valence-electron chi connectivity index (χ0n) is 13.0. The Hall–Kier alpha value is -0.390. The molecule has 1 amide bonds. The molecule has 1 saturated heterocycles. The number of halogens is 1. The van der Waals surface area contributed by atoms with Gasteiger partial charge in [0.05, 0.1) is 15.7 Å². The van der Waals surface area contributed by atoms with Gasteiger partial charge in [0.1, 0.15) is 0 Å². The van der Waals surface area contributed by atoms with Gasteiger partial charge in [-0.15, -0.1) is 11.3 Å². The number of thiophene rings is 1. The standard InChI is InChI=1S/C16H25BrN2OS/c1-3-7-16(8-10-18-11-9-16)15(20)19(4-2)12-13-5-6-14(17)21-13/h5-6,18H,3-4,7-12H2,1-2H3. The Balaban J connectivity index is 2.12. The fourth-order valence-electron chi connectivity index (χ4n) is 3.24. The molecule has 3 nitrogen and oxygen atoms in total. The van der Waals surface area contributed by atoms with E-state index in [0.717, 1.165) is 55.6 Å². The molecule has 2 rings (SSSR count). The summed E-state index contributed by atoms with van der Waals surface area (Å²) in [4.78, 5) is 16.4. The third kappa shape index (κ3) is 4.08. The topological polar surface area (TPSA) is 32.3 Å². The summed E-state index contributed by atoms with van der Waals surface area (Å²) in [5.41, 5.74) is -0.134. The molecular formula is C16H25BrN2OS. The number of amides is 1. The first-order chi connectivity index (χ1) is 10.1. The van der Waals surface area contributed by atoms with Crippen LogP contribution in [-0.2, 0) is 11.3 Å². The van der Waals surface area contributed by atoms with E-state index in [0.29, 0.717) is 5.91 Å². The van der Waals surface area contributed by atoms with Crippen molar-refractivity contribution >= 4 is 33.2 Å². The fraction of sp³-hybridized carbons (Fsp3) is 0.688. The Kier molecular flexibility index (Phi) is 6.26. The lowest BCUT2D eigenvalue weighted by molar-refractivity contribution is -0.144. The fourth-order valence-corrected chi connectivity index (χ4v) is 4.74. The molecular weight excluding hydrogens is 348 g/mol. The predicted octanol–water partition coefficient (Wildman–Crippen LogP) is 4.03. The van der Waals surface area contributed by atoms with Gasteiger partial charge in [0.25, 0.3) is 0 Å². The van der Waals surface area contributed by atoms with Crippen molar-refractivity contribution in [2.45, 2.75) is 46.1 Å². The molecule has 0 aromatic carbocycles. The van der Waals surface area contributed by atoms with Gasteiger partial charge in [0.15, 0.2) is 0 Å². The summed E-state index contributed by atoms with van der Waals surface area (Å²) in [6.45, 7) is 7.73. The number of piperidine rings is 1. The van der Waals surface area contributed by atoms with E-state index in [2.05, 4.69) is 47.2 Å². The van der Waals surface area contributed by atoms with Gasteiger partial charge >= 0.3 is 0 Å². The molecule has 21 heavy (non-hydrogen) atoms.